The van der Waals surface area contributed by atoms with Crippen LogP contribution in [0.3, 0.4) is 0 Å². The van der Waals surface area contributed by atoms with E-state index in [4.69, 9.17) is 11.6 Å². The van der Waals surface area contributed by atoms with E-state index in [1.54, 1.807) is 6.07 Å². The van der Waals surface area contributed by atoms with Crippen LogP contribution in [0.25, 0.3) is 0 Å². The van der Waals surface area contributed by atoms with Gasteiger partial charge in [0.15, 0.2) is 0 Å². The number of halogens is 1. The lowest BCUT2D eigenvalue weighted by Crippen LogP contribution is -2.33. The van der Waals surface area contributed by atoms with Crippen LogP contribution < -0.4 is 0 Å². The molecule has 130 valence electrons. The van der Waals surface area contributed by atoms with Crippen molar-refractivity contribution in [2.75, 3.05) is 18.6 Å². The molecule has 1 aliphatic rings. The van der Waals surface area contributed by atoms with E-state index in [-0.39, 0.29) is 5.75 Å². The summed E-state index contributed by atoms with van der Waals surface area (Å²) in [4.78, 5) is 2.27. The summed E-state index contributed by atoms with van der Waals surface area (Å²) in [5.41, 5.74) is 2.54. The highest BCUT2D eigenvalue weighted by Gasteiger charge is 2.23. The van der Waals surface area contributed by atoms with Crippen molar-refractivity contribution in [3.05, 3.63) is 52.3 Å². The van der Waals surface area contributed by atoms with E-state index in [2.05, 4.69) is 10.00 Å². The van der Waals surface area contributed by atoms with Crippen LogP contribution in [-0.4, -0.2) is 46.8 Å². The number of hydrogen-bond acceptors (Lipinski definition) is 5. The van der Waals surface area contributed by atoms with Crippen molar-refractivity contribution in [3.8, 4) is 0 Å². The summed E-state index contributed by atoms with van der Waals surface area (Å²) in [5, 5.41) is 15.1. The molecule has 0 aliphatic carbocycles. The van der Waals surface area contributed by atoms with Gasteiger partial charge < -0.3 is 5.11 Å². The molecular formula is C16H20ClN3O3S. The van der Waals surface area contributed by atoms with E-state index in [1.807, 2.05) is 28.9 Å². The van der Waals surface area contributed by atoms with E-state index in [0.29, 0.717) is 18.8 Å². The summed E-state index contributed by atoms with van der Waals surface area (Å²) in [7, 11) is -3.25. The topological polar surface area (TPSA) is 75.4 Å². The molecule has 1 atom stereocenters. The van der Waals surface area contributed by atoms with Gasteiger partial charge in [-0.3, -0.25) is 9.58 Å². The SMILES string of the molecule is CS(=O)(=O)C[C@H](O)c1cc2n(n1)CCN(Cc1cccc(Cl)c1)C2. The van der Waals surface area contributed by atoms with Gasteiger partial charge in [0.25, 0.3) is 0 Å². The average Bonchev–Trinajstić information content (AvgIpc) is 2.89. The molecule has 2 aromatic rings. The van der Waals surface area contributed by atoms with Crippen LogP contribution in [0.4, 0.5) is 0 Å². The molecular weight excluding hydrogens is 350 g/mol. The first-order valence-electron chi connectivity index (χ1n) is 7.69. The normalized spacial score (nSPS) is 16.8. The molecule has 6 nitrogen and oxygen atoms in total. The number of fused-ring (bicyclic) bond motifs is 1. The Kier molecular flexibility index (Phi) is 4.96. The van der Waals surface area contributed by atoms with Crippen molar-refractivity contribution in [2.45, 2.75) is 25.7 Å². The van der Waals surface area contributed by atoms with Gasteiger partial charge in [0.2, 0.25) is 0 Å². The summed E-state index contributed by atoms with van der Waals surface area (Å²) in [5.74, 6) is -0.310. The van der Waals surface area contributed by atoms with Crippen LogP contribution in [0.15, 0.2) is 30.3 Å². The van der Waals surface area contributed by atoms with E-state index < -0.39 is 15.9 Å². The summed E-state index contributed by atoms with van der Waals surface area (Å²) >= 11 is 6.03. The Labute approximate surface area is 146 Å². The number of sulfone groups is 1. The maximum absolute atomic E-state index is 11.3. The Morgan fingerprint density at radius 2 is 2.12 bits per heavy atom. The Morgan fingerprint density at radius 1 is 1.33 bits per heavy atom. The monoisotopic (exact) mass is 369 g/mol. The largest absolute Gasteiger partial charge is 0.386 e. The van der Waals surface area contributed by atoms with Gasteiger partial charge >= 0.3 is 0 Å². The smallest absolute Gasteiger partial charge is 0.150 e. The first-order valence-corrected chi connectivity index (χ1v) is 10.1. The van der Waals surface area contributed by atoms with Crippen LogP contribution in [0.1, 0.15) is 23.1 Å². The number of aliphatic hydroxyl groups excluding tert-OH is 1. The standard InChI is InChI=1S/C16H20ClN3O3S/c1-24(22,23)11-16(21)15-8-14-10-19(5-6-20(14)18-15)9-12-3-2-4-13(17)7-12/h2-4,7-8,16,21H,5-6,9-11H2,1H3/t16-/m0/s1. The van der Waals surface area contributed by atoms with E-state index in [0.717, 1.165) is 35.6 Å². The van der Waals surface area contributed by atoms with Crippen LogP contribution in [0.5, 0.6) is 0 Å². The van der Waals surface area contributed by atoms with Gasteiger partial charge in [0.1, 0.15) is 15.9 Å². The maximum Gasteiger partial charge on any atom is 0.150 e. The Morgan fingerprint density at radius 3 is 2.83 bits per heavy atom. The molecule has 1 aromatic carbocycles. The predicted octanol–water partition coefficient (Wildman–Crippen LogP) is 1.63. The molecule has 0 saturated heterocycles. The molecule has 3 rings (SSSR count). The van der Waals surface area contributed by atoms with Crippen LogP contribution in [0, 0.1) is 0 Å². The van der Waals surface area contributed by atoms with Crippen LogP contribution in [-0.2, 0) is 29.5 Å². The zero-order valence-electron chi connectivity index (χ0n) is 13.4. The minimum Gasteiger partial charge on any atom is -0.386 e. The van der Waals surface area contributed by atoms with E-state index in [1.165, 1.54) is 0 Å². The van der Waals surface area contributed by atoms with E-state index >= 15 is 0 Å². The molecule has 0 unspecified atom stereocenters. The minimum absolute atomic E-state index is 0.310. The quantitative estimate of drug-likeness (QED) is 0.867. The molecule has 1 aliphatic heterocycles. The molecule has 0 spiro atoms. The molecule has 0 fully saturated rings. The lowest BCUT2D eigenvalue weighted by Gasteiger charge is -2.27. The first kappa shape index (κ1) is 17.4. The lowest BCUT2D eigenvalue weighted by atomic mass is 10.2. The zero-order valence-corrected chi connectivity index (χ0v) is 15.0. The molecule has 8 heteroatoms. The number of aliphatic hydroxyl groups is 1. The second-order valence-corrected chi connectivity index (χ2v) is 8.85. The van der Waals surface area contributed by atoms with Crippen molar-refractivity contribution >= 4 is 21.4 Å². The zero-order chi connectivity index (χ0) is 17.3. The Hall–Kier alpha value is -1.41. The van der Waals surface area contributed by atoms with Crippen molar-refractivity contribution in [3.63, 3.8) is 0 Å². The highest BCUT2D eigenvalue weighted by molar-refractivity contribution is 7.90. The number of nitrogens with zero attached hydrogens (tertiary/aromatic N) is 3. The predicted molar refractivity (Wildman–Crippen MR) is 92.5 cm³/mol. The van der Waals surface area contributed by atoms with E-state index in [9.17, 15) is 13.5 Å². The highest BCUT2D eigenvalue weighted by atomic mass is 35.5. The molecule has 1 N–H and O–H groups in total. The third kappa shape index (κ3) is 4.36. The number of benzene rings is 1. The van der Waals surface area contributed by atoms with Crippen molar-refractivity contribution in [1.82, 2.24) is 14.7 Å². The van der Waals surface area contributed by atoms with Gasteiger partial charge in [-0.15, -0.1) is 0 Å². The number of aromatic nitrogens is 2. The Bertz CT molecular complexity index is 835. The van der Waals surface area contributed by atoms with Gasteiger partial charge in [0.05, 0.1) is 23.7 Å². The molecule has 0 radical (unpaired) electrons. The highest BCUT2D eigenvalue weighted by Crippen LogP contribution is 2.21. The maximum atomic E-state index is 11.3. The summed E-state index contributed by atoms with van der Waals surface area (Å²) < 4.78 is 24.5. The number of hydrogen-bond donors (Lipinski definition) is 1. The average molecular weight is 370 g/mol. The molecule has 1 aromatic heterocycles. The van der Waals surface area contributed by atoms with Gasteiger partial charge in [-0.05, 0) is 23.8 Å². The molecule has 0 saturated carbocycles. The van der Waals surface area contributed by atoms with Gasteiger partial charge in [-0.25, -0.2) is 8.42 Å². The van der Waals surface area contributed by atoms with Gasteiger partial charge in [-0.2, -0.15) is 5.10 Å². The third-order valence-electron chi connectivity index (χ3n) is 3.99. The summed E-state index contributed by atoms with van der Waals surface area (Å²) in [6, 6.07) is 9.57. The molecule has 0 amide bonds. The summed E-state index contributed by atoms with van der Waals surface area (Å²) in [6.07, 6.45) is 0.0262. The van der Waals surface area contributed by atoms with Crippen LogP contribution in [0.2, 0.25) is 5.02 Å². The number of rotatable bonds is 5. The summed E-state index contributed by atoms with van der Waals surface area (Å²) in [6.45, 7) is 3.03. The lowest BCUT2D eigenvalue weighted by molar-refractivity contribution is 0.191. The van der Waals surface area contributed by atoms with Crippen LogP contribution >= 0.6 is 11.6 Å². The third-order valence-corrected chi connectivity index (χ3v) is 5.15. The fraction of sp³-hybridized carbons (Fsp3) is 0.438. The van der Waals surface area contributed by atoms with Crippen molar-refractivity contribution in [1.29, 1.82) is 0 Å². The fourth-order valence-electron chi connectivity index (χ4n) is 2.91. The van der Waals surface area contributed by atoms with Crippen molar-refractivity contribution < 1.29 is 13.5 Å². The fourth-order valence-corrected chi connectivity index (χ4v) is 3.86. The Balaban J connectivity index is 1.70. The van der Waals surface area contributed by atoms with Gasteiger partial charge in [-0.1, -0.05) is 23.7 Å². The van der Waals surface area contributed by atoms with Crippen molar-refractivity contribution in [2.24, 2.45) is 0 Å². The second kappa shape index (κ2) is 6.84. The second-order valence-electron chi connectivity index (χ2n) is 6.23. The molecule has 24 heavy (non-hydrogen) atoms. The molecule has 2 heterocycles. The molecule has 0 bridgehead atoms. The first-order chi connectivity index (χ1) is 11.3. The van der Waals surface area contributed by atoms with Gasteiger partial charge in [0, 0.05) is 30.9 Å². The minimum atomic E-state index is -3.25.